The van der Waals surface area contributed by atoms with Gasteiger partial charge in [0.25, 0.3) is 0 Å². The van der Waals surface area contributed by atoms with Crippen molar-refractivity contribution in [1.82, 2.24) is 4.90 Å². The first-order valence-corrected chi connectivity index (χ1v) is 7.77. The first-order chi connectivity index (χ1) is 11.2. The van der Waals surface area contributed by atoms with E-state index >= 15 is 0 Å². The lowest BCUT2D eigenvalue weighted by atomic mass is 10.1. The van der Waals surface area contributed by atoms with Crippen molar-refractivity contribution in [3.05, 3.63) is 65.5 Å². The van der Waals surface area contributed by atoms with Crippen molar-refractivity contribution in [1.29, 1.82) is 0 Å². The van der Waals surface area contributed by atoms with E-state index in [0.717, 1.165) is 37.4 Å². The summed E-state index contributed by atoms with van der Waals surface area (Å²) >= 11 is 0. The molecule has 0 amide bonds. The third-order valence-corrected chi connectivity index (χ3v) is 4.50. The van der Waals surface area contributed by atoms with E-state index in [4.69, 9.17) is 4.74 Å². The van der Waals surface area contributed by atoms with Crippen LogP contribution in [0.5, 0.6) is 0 Å². The zero-order valence-corrected chi connectivity index (χ0v) is 12.6. The monoisotopic (exact) mass is 312 g/mol. The van der Waals surface area contributed by atoms with Crippen LogP contribution in [0.15, 0.2) is 48.5 Å². The van der Waals surface area contributed by atoms with Crippen LogP contribution in [0.25, 0.3) is 0 Å². The number of ether oxygens (including phenoxy) is 1. The highest BCUT2D eigenvalue weighted by molar-refractivity contribution is 5.93. The molecule has 1 atom stereocenters. The van der Waals surface area contributed by atoms with Gasteiger partial charge in [-0.25, -0.2) is 9.18 Å². The van der Waals surface area contributed by atoms with Gasteiger partial charge in [-0.05, 0) is 30.3 Å². The lowest BCUT2D eigenvalue weighted by Gasteiger charge is -2.38. The number of piperazine rings is 1. The molecule has 4 rings (SSSR count). The largest absolute Gasteiger partial charge is 0.438 e. The minimum absolute atomic E-state index is 0.220. The number of nitrogens with zero attached hydrogens (tertiary/aromatic N) is 2. The summed E-state index contributed by atoms with van der Waals surface area (Å²) in [7, 11) is 0. The van der Waals surface area contributed by atoms with Crippen LogP contribution in [-0.4, -0.2) is 37.0 Å². The quantitative estimate of drug-likeness (QED) is 0.798. The topological polar surface area (TPSA) is 32.8 Å². The molecule has 5 heteroatoms. The first kappa shape index (κ1) is 14.2. The average molecular weight is 312 g/mol. The van der Waals surface area contributed by atoms with Crippen molar-refractivity contribution >= 4 is 11.7 Å². The molecule has 4 nitrogen and oxygen atoms in total. The third kappa shape index (κ3) is 2.57. The van der Waals surface area contributed by atoms with Crippen molar-refractivity contribution in [2.45, 2.75) is 6.23 Å². The molecule has 0 unspecified atom stereocenters. The molecule has 0 bridgehead atoms. The fourth-order valence-electron chi connectivity index (χ4n) is 3.26. The summed E-state index contributed by atoms with van der Waals surface area (Å²) in [4.78, 5) is 16.3. The Morgan fingerprint density at radius 1 is 0.957 bits per heavy atom. The summed E-state index contributed by atoms with van der Waals surface area (Å²) in [6.07, 6.45) is -0.283. The van der Waals surface area contributed by atoms with E-state index in [-0.39, 0.29) is 18.0 Å². The smallest absolute Gasteiger partial charge is 0.340 e. The minimum atomic E-state index is -0.283. The molecule has 2 aromatic rings. The van der Waals surface area contributed by atoms with Gasteiger partial charge in [0.05, 0.1) is 5.56 Å². The summed E-state index contributed by atoms with van der Waals surface area (Å²) in [6, 6.07) is 14.1. The van der Waals surface area contributed by atoms with Crippen molar-refractivity contribution in [3.63, 3.8) is 0 Å². The Bertz CT molecular complexity index is 724. The van der Waals surface area contributed by atoms with Crippen LogP contribution >= 0.6 is 0 Å². The van der Waals surface area contributed by atoms with Gasteiger partial charge in [-0.3, -0.25) is 4.90 Å². The molecule has 1 fully saturated rings. The van der Waals surface area contributed by atoms with Crippen molar-refractivity contribution in [3.8, 4) is 0 Å². The number of carbonyl (C=O) groups is 1. The van der Waals surface area contributed by atoms with E-state index in [0.29, 0.717) is 5.56 Å². The molecule has 2 aliphatic heterocycles. The molecule has 0 aliphatic carbocycles. The Morgan fingerprint density at radius 2 is 1.65 bits per heavy atom. The fraction of sp³-hybridized carbons (Fsp3) is 0.278. The SMILES string of the molecule is O=C1O[C@H](N2CCN(c3ccc(F)cc3)CC2)c2ccccc21. The summed E-state index contributed by atoms with van der Waals surface area (Å²) < 4.78 is 18.6. The summed E-state index contributed by atoms with van der Waals surface area (Å²) in [5.74, 6) is -0.464. The molecule has 0 aromatic heterocycles. The normalized spacial score (nSPS) is 21.2. The van der Waals surface area contributed by atoms with Gasteiger partial charge in [-0.2, -0.15) is 0 Å². The van der Waals surface area contributed by atoms with Gasteiger partial charge in [0, 0.05) is 37.4 Å². The van der Waals surface area contributed by atoms with Crippen molar-refractivity contribution < 1.29 is 13.9 Å². The molecule has 118 valence electrons. The number of hydrogen-bond donors (Lipinski definition) is 0. The Kier molecular flexibility index (Phi) is 3.50. The van der Waals surface area contributed by atoms with Gasteiger partial charge >= 0.3 is 5.97 Å². The second-order valence-corrected chi connectivity index (χ2v) is 5.84. The molecule has 2 aliphatic rings. The maximum Gasteiger partial charge on any atom is 0.340 e. The number of esters is 1. The summed E-state index contributed by atoms with van der Waals surface area (Å²) in [5, 5.41) is 0. The Morgan fingerprint density at radius 3 is 2.39 bits per heavy atom. The number of anilines is 1. The zero-order chi connectivity index (χ0) is 15.8. The number of halogens is 1. The molecule has 0 spiro atoms. The van der Waals surface area contributed by atoms with Gasteiger partial charge in [-0.15, -0.1) is 0 Å². The highest BCUT2D eigenvalue weighted by Gasteiger charge is 2.36. The molecular weight excluding hydrogens is 295 g/mol. The number of fused-ring (bicyclic) bond motifs is 1. The number of hydrogen-bond acceptors (Lipinski definition) is 4. The molecule has 1 saturated heterocycles. The Hall–Kier alpha value is -2.40. The van der Waals surface area contributed by atoms with Crippen LogP contribution in [0.3, 0.4) is 0 Å². The van der Waals surface area contributed by atoms with Gasteiger partial charge in [0.2, 0.25) is 0 Å². The highest BCUT2D eigenvalue weighted by atomic mass is 19.1. The number of benzene rings is 2. The van der Waals surface area contributed by atoms with Gasteiger partial charge in [0.1, 0.15) is 5.82 Å². The van der Waals surface area contributed by atoms with E-state index in [1.807, 2.05) is 24.3 Å². The van der Waals surface area contributed by atoms with Crippen LogP contribution in [0.1, 0.15) is 22.1 Å². The number of carbonyl (C=O) groups excluding carboxylic acids is 1. The molecule has 2 heterocycles. The van der Waals surface area contributed by atoms with Crippen LogP contribution in [-0.2, 0) is 4.74 Å². The Balaban J connectivity index is 1.46. The number of rotatable bonds is 2. The average Bonchev–Trinajstić information content (AvgIpc) is 2.93. The zero-order valence-electron chi connectivity index (χ0n) is 12.6. The van der Waals surface area contributed by atoms with E-state index in [9.17, 15) is 9.18 Å². The second kappa shape index (κ2) is 5.66. The molecular formula is C18H17FN2O2. The lowest BCUT2D eigenvalue weighted by Crippen LogP contribution is -2.47. The van der Waals surface area contributed by atoms with Crippen LogP contribution in [0, 0.1) is 5.82 Å². The predicted molar refractivity (Wildman–Crippen MR) is 84.8 cm³/mol. The Labute approximate surface area is 134 Å². The second-order valence-electron chi connectivity index (χ2n) is 5.84. The molecule has 2 aromatic carbocycles. The predicted octanol–water partition coefficient (Wildman–Crippen LogP) is 2.82. The summed E-state index contributed by atoms with van der Waals surface area (Å²) in [5.41, 5.74) is 2.64. The highest BCUT2D eigenvalue weighted by Crippen LogP contribution is 2.34. The van der Waals surface area contributed by atoms with Crippen LogP contribution in [0.2, 0.25) is 0 Å². The maximum atomic E-state index is 13.0. The first-order valence-electron chi connectivity index (χ1n) is 7.77. The molecule has 0 N–H and O–H groups in total. The standard InChI is InChI=1S/C18H17FN2O2/c19-13-5-7-14(8-6-13)20-9-11-21(12-10-20)17-15-3-1-2-4-16(15)18(22)23-17/h1-8,17H,9-12H2/t17-/m0/s1. The number of cyclic esters (lactones) is 1. The maximum absolute atomic E-state index is 13.0. The lowest BCUT2D eigenvalue weighted by molar-refractivity contribution is -0.0250. The molecule has 0 saturated carbocycles. The van der Waals surface area contributed by atoms with Gasteiger partial charge < -0.3 is 9.64 Å². The van der Waals surface area contributed by atoms with Crippen molar-refractivity contribution in [2.75, 3.05) is 31.1 Å². The van der Waals surface area contributed by atoms with E-state index in [1.165, 1.54) is 12.1 Å². The fourth-order valence-corrected chi connectivity index (χ4v) is 3.26. The van der Waals surface area contributed by atoms with E-state index < -0.39 is 0 Å². The third-order valence-electron chi connectivity index (χ3n) is 4.50. The van der Waals surface area contributed by atoms with E-state index in [2.05, 4.69) is 9.80 Å². The minimum Gasteiger partial charge on any atom is -0.438 e. The van der Waals surface area contributed by atoms with Gasteiger partial charge in [0.15, 0.2) is 6.23 Å². The van der Waals surface area contributed by atoms with Gasteiger partial charge in [-0.1, -0.05) is 18.2 Å². The van der Waals surface area contributed by atoms with Crippen molar-refractivity contribution in [2.24, 2.45) is 0 Å². The van der Waals surface area contributed by atoms with E-state index in [1.54, 1.807) is 12.1 Å². The van der Waals surface area contributed by atoms with Crippen LogP contribution < -0.4 is 4.90 Å². The molecule has 0 radical (unpaired) electrons. The van der Waals surface area contributed by atoms with Crippen LogP contribution in [0.4, 0.5) is 10.1 Å². The molecule has 23 heavy (non-hydrogen) atoms. The summed E-state index contributed by atoms with van der Waals surface area (Å²) in [6.45, 7) is 3.23.